The summed E-state index contributed by atoms with van der Waals surface area (Å²) in [5, 5.41) is 8.91. The van der Waals surface area contributed by atoms with E-state index in [0.717, 1.165) is 15.4 Å². The Hall–Kier alpha value is -4.51. The molecule has 0 amide bonds. The van der Waals surface area contributed by atoms with E-state index < -0.39 is 23.2 Å². The second kappa shape index (κ2) is 12.1. The smallest absolute Gasteiger partial charge is 0.443 e. The third-order valence-electron chi connectivity index (χ3n) is 6.20. The number of aromatic nitrogens is 2. The normalized spacial score (nSPS) is 11.4. The summed E-state index contributed by atoms with van der Waals surface area (Å²) in [5.41, 5.74) is 1.03. The molecule has 1 aromatic heterocycles. The highest BCUT2D eigenvalue weighted by Gasteiger charge is 2.34. The highest BCUT2D eigenvalue weighted by atomic mass is 19.4. The lowest BCUT2D eigenvalue weighted by Gasteiger charge is -2.18. The van der Waals surface area contributed by atoms with Crippen molar-refractivity contribution in [3.63, 3.8) is 0 Å². The molecular weight excluding hydrogens is 529 g/mol. The molecule has 210 valence electrons. The summed E-state index contributed by atoms with van der Waals surface area (Å²) in [5.74, 6) is -0.240. The zero-order valence-electron chi connectivity index (χ0n) is 21.6. The van der Waals surface area contributed by atoms with Crippen LogP contribution in [0.2, 0.25) is 0 Å². The molecule has 0 aliphatic rings. The van der Waals surface area contributed by atoms with Gasteiger partial charge in [-0.15, -0.1) is 11.3 Å². The zero-order valence-corrected chi connectivity index (χ0v) is 21.6. The molecule has 0 aliphatic carbocycles. The molecule has 0 bridgehead atoms. The van der Waals surface area contributed by atoms with Crippen LogP contribution in [0, 0.1) is 6.92 Å². The van der Waals surface area contributed by atoms with Gasteiger partial charge in [0.05, 0.1) is 25.3 Å². The number of allylic oxidation sites excluding steroid dienone is 1. The van der Waals surface area contributed by atoms with Gasteiger partial charge in [-0.2, -0.15) is 13.2 Å². The fourth-order valence-electron chi connectivity index (χ4n) is 4.17. The monoisotopic (exact) mass is 556 g/mol. The molecule has 0 aliphatic heterocycles. The molecule has 11 heteroatoms. The zero-order chi connectivity index (χ0) is 28.9. The lowest BCUT2D eigenvalue weighted by molar-refractivity contribution is -0.137. The minimum Gasteiger partial charge on any atom is -0.491 e. The maximum Gasteiger partial charge on any atom is 0.443 e. The first-order valence-electron chi connectivity index (χ1n) is 12.3. The van der Waals surface area contributed by atoms with Crippen molar-refractivity contribution in [2.75, 3.05) is 13.2 Å². The van der Waals surface area contributed by atoms with E-state index in [9.17, 15) is 22.8 Å². The summed E-state index contributed by atoms with van der Waals surface area (Å²) in [4.78, 5) is 24.1. The van der Waals surface area contributed by atoms with Crippen LogP contribution in [0.4, 0.5) is 13.2 Å². The molecule has 1 heterocycles. The largest absolute Gasteiger partial charge is 0.491 e. The van der Waals surface area contributed by atoms with Gasteiger partial charge in [0.15, 0.2) is 0 Å². The van der Waals surface area contributed by atoms with E-state index in [2.05, 4.69) is 6.58 Å². The number of nitrogens with zero attached hydrogens (tertiary/aromatic N) is 2. The highest BCUT2D eigenvalue weighted by Crippen LogP contribution is 2.40. The van der Waals surface area contributed by atoms with Gasteiger partial charge in [-0.3, -0.25) is 0 Å². The Morgan fingerprint density at radius 2 is 1.73 bits per heavy atom. The first kappa shape index (κ1) is 28.5. The fourth-order valence-corrected chi connectivity index (χ4v) is 4.17. The molecule has 4 aromatic rings. The summed E-state index contributed by atoms with van der Waals surface area (Å²) >= 11 is 0. The first-order valence-corrected chi connectivity index (χ1v) is 12.3. The van der Waals surface area contributed by atoms with Crippen molar-refractivity contribution in [1.29, 1.82) is 0 Å². The quantitative estimate of drug-likeness (QED) is 0.267. The maximum atomic E-state index is 13.9. The van der Waals surface area contributed by atoms with Crippen molar-refractivity contribution >= 4 is 0 Å². The molecule has 0 fully saturated rings. The molecule has 0 atom stereocenters. The molecule has 0 unspecified atom stereocenters. The molecule has 8 nitrogen and oxygen atoms in total. The standard InChI is InChI=1S/C29H27F3N2O6/c1-3-13-33-27(36)34(40-28(33)37)17-20-7-9-22(10-8-20)39-18-21-5-4-6-24(19(21)2)25-12-11-23(38-15-14-35)16-26(25)29(30,31)32/h3-12,16,35H,1,13-15,17-18H2,2H3. The number of rotatable bonds is 11. The molecule has 0 radical (unpaired) electrons. The minimum atomic E-state index is -4.61. The Kier molecular flexibility index (Phi) is 8.64. The van der Waals surface area contributed by atoms with Gasteiger partial charge in [0.2, 0.25) is 0 Å². The van der Waals surface area contributed by atoms with E-state index in [1.165, 1.54) is 18.2 Å². The van der Waals surface area contributed by atoms with Crippen molar-refractivity contribution in [2.24, 2.45) is 0 Å². The van der Waals surface area contributed by atoms with Crippen molar-refractivity contribution in [1.82, 2.24) is 9.31 Å². The minimum absolute atomic E-state index is 0.0105. The number of aliphatic hydroxyl groups excluding tert-OH is 1. The lowest BCUT2D eigenvalue weighted by Crippen LogP contribution is -2.28. The first-order chi connectivity index (χ1) is 19.1. The van der Waals surface area contributed by atoms with Gasteiger partial charge >= 0.3 is 17.6 Å². The molecule has 0 spiro atoms. The van der Waals surface area contributed by atoms with Gasteiger partial charge in [0.1, 0.15) is 24.7 Å². The van der Waals surface area contributed by atoms with Gasteiger partial charge in [-0.05, 0) is 59.0 Å². The predicted octanol–water partition coefficient (Wildman–Crippen LogP) is 4.78. The van der Waals surface area contributed by atoms with E-state index in [4.69, 9.17) is 19.1 Å². The summed E-state index contributed by atoms with van der Waals surface area (Å²) in [6, 6.07) is 15.6. The SMILES string of the molecule is C=CCn1c(=O)on(Cc2ccc(OCc3cccc(-c4ccc(OCCO)cc4C(F)(F)F)c3C)cc2)c1=O. The summed E-state index contributed by atoms with van der Waals surface area (Å²) < 4.78 is 59.7. The van der Waals surface area contributed by atoms with Gasteiger partial charge in [0, 0.05) is 0 Å². The summed E-state index contributed by atoms with van der Waals surface area (Å²) in [6.07, 6.45) is -3.19. The highest BCUT2D eigenvalue weighted by molar-refractivity contribution is 5.73. The molecule has 0 saturated carbocycles. The van der Waals surface area contributed by atoms with Crippen LogP contribution in [0.15, 0.2) is 87.4 Å². The Morgan fingerprint density at radius 1 is 1.00 bits per heavy atom. The van der Waals surface area contributed by atoms with Crippen LogP contribution >= 0.6 is 0 Å². The molecular formula is C29H27F3N2O6. The number of hydrogen-bond donors (Lipinski definition) is 1. The number of alkyl halides is 3. The lowest BCUT2D eigenvalue weighted by atomic mass is 9.93. The van der Waals surface area contributed by atoms with Gasteiger partial charge < -0.3 is 19.1 Å². The number of benzene rings is 3. The molecule has 4 rings (SSSR count). The number of halogens is 3. The van der Waals surface area contributed by atoms with E-state index in [1.54, 1.807) is 49.4 Å². The van der Waals surface area contributed by atoms with E-state index in [-0.39, 0.29) is 44.2 Å². The van der Waals surface area contributed by atoms with Crippen molar-refractivity contribution in [3.8, 4) is 22.6 Å². The summed E-state index contributed by atoms with van der Waals surface area (Å²) in [6.45, 7) is 5.02. The third-order valence-corrected chi connectivity index (χ3v) is 6.20. The van der Waals surface area contributed by atoms with Crippen molar-refractivity contribution in [2.45, 2.75) is 32.8 Å². The van der Waals surface area contributed by atoms with Gasteiger partial charge in [-0.25, -0.2) is 14.2 Å². The van der Waals surface area contributed by atoms with Crippen LogP contribution < -0.4 is 20.9 Å². The second-order valence-electron chi connectivity index (χ2n) is 8.88. The van der Waals surface area contributed by atoms with Gasteiger partial charge in [-0.1, -0.05) is 42.5 Å². The van der Waals surface area contributed by atoms with Crippen LogP contribution in [-0.4, -0.2) is 27.6 Å². The molecule has 40 heavy (non-hydrogen) atoms. The topological polar surface area (TPSA) is 95.8 Å². The van der Waals surface area contributed by atoms with E-state index in [0.29, 0.717) is 28.0 Å². The van der Waals surface area contributed by atoms with Crippen LogP contribution in [0.1, 0.15) is 22.3 Å². The third kappa shape index (κ3) is 6.37. The predicted molar refractivity (Wildman–Crippen MR) is 141 cm³/mol. The van der Waals surface area contributed by atoms with Crippen LogP contribution in [0.3, 0.4) is 0 Å². The number of ether oxygens (including phenoxy) is 2. The van der Waals surface area contributed by atoms with Crippen LogP contribution in [0.25, 0.3) is 11.1 Å². The second-order valence-corrected chi connectivity index (χ2v) is 8.88. The van der Waals surface area contributed by atoms with Crippen LogP contribution in [-0.2, 0) is 25.9 Å². The van der Waals surface area contributed by atoms with E-state index in [1.807, 2.05) is 0 Å². The maximum absolute atomic E-state index is 13.9. The van der Waals surface area contributed by atoms with Crippen LogP contribution in [0.5, 0.6) is 11.5 Å². The molecule has 3 aromatic carbocycles. The average Bonchev–Trinajstić information content (AvgIpc) is 3.19. The Balaban J connectivity index is 1.50. The van der Waals surface area contributed by atoms with E-state index >= 15 is 0 Å². The molecule has 0 saturated heterocycles. The Bertz CT molecular complexity index is 1600. The Morgan fingerprint density at radius 3 is 2.40 bits per heavy atom. The van der Waals surface area contributed by atoms with Gasteiger partial charge in [0.25, 0.3) is 0 Å². The Labute approximate surface area is 227 Å². The average molecular weight is 557 g/mol. The fraction of sp³-hybridized carbons (Fsp3) is 0.241. The number of hydrogen-bond acceptors (Lipinski definition) is 6. The summed E-state index contributed by atoms with van der Waals surface area (Å²) in [7, 11) is 0. The number of aliphatic hydroxyl groups is 1. The van der Waals surface area contributed by atoms with Crippen molar-refractivity contribution < 1.29 is 32.3 Å². The molecule has 1 N–H and O–H groups in total. The van der Waals surface area contributed by atoms with Crippen molar-refractivity contribution in [3.05, 3.63) is 117 Å².